The van der Waals surface area contributed by atoms with Crippen molar-refractivity contribution < 1.29 is 4.79 Å². The van der Waals surface area contributed by atoms with Gasteiger partial charge in [0, 0.05) is 12.3 Å². The Labute approximate surface area is 130 Å². The highest BCUT2D eigenvalue weighted by Crippen LogP contribution is 2.25. The van der Waals surface area contributed by atoms with Gasteiger partial charge in [0.05, 0.1) is 0 Å². The molecule has 1 saturated carbocycles. The van der Waals surface area contributed by atoms with Crippen molar-refractivity contribution in [1.82, 2.24) is 0 Å². The number of benzene rings is 1. The zero-order valence-corrected chi connectivity index (χ0v) is 13.6. The molecule has 21 heavy (non-hydrogen) atoms. The van der Waals surface area contributed by atoms with Gasteiger partial charge < -0.3 is 0 Å². The van der Waals surface area contributed by atoms with Crippen LogP contribution in [-0.4, -0.2) is 5.78 Å². The topological polar surface area (TPSA) is 17.1 Å². The van der Waals surface area contributed by atoms with Crippen molar-refractivity contribution >= 4 is 5.78 Å². The van der Waals surface area contributed by atoms with Gasteiger partial charge in [-0.25, -0.2) is 0 Å². The molecule has 0 amide bonds. The summed E-state index contributed by atoms with van der Waals surface area (Å²) in [6, 6.07) is 9.00. The number of hydrogen-bond donors (Lipinski definition) is 0. The molecule has 1 aromatic rings. The number of aryl methyl sites for hydroxylation is 1. The molecular formula is C20H30O. The first-order valence-corrected chi connectivity index (χ1v) is 8.90. The van der Waals surface area contributed by atoms with E-state index in [0.29, 0.717) is 11.7 Å². The summed E-state index contributed by atoms with van der Waals surface area (Å²) >= 11 is 0. The summed E-state index contributed by atoms with van der Waals surface area (Å²) in [5.41, 5.74) is 2.79. The molecule has 0 saturated heterocycles. The highest BCUT2D eigenvalue weighted by molar-refractivity contribution is 5.83. The average molecular weight is 286 g/mol. The van der Waals surface area contributed by atoms with Crippen molar-refractivity contribution in [3.05, 3.63) is 35.4 Å². The van der Waals surface area contributed by atoms with Crippen molar-refractivity contribution in [2.75, 3.05) is 0 Å². The molecule has 1 aliphatic carbocycles. The maximum atomic E-state index is 11.7. The Hall–Kier alpha value is -1.11. The van der Waals surface area contributed by atoms with Gasteiger partial charge in [-0.15, -0.1) is 0 Å². The van der Waals surface area contributed by atoms with Crippen LogP contribution < -0.4 is 0 Å². The Morgan fingerprint density at radius 2 is 1.62 bits per heavy atom. The zero-order chi connectivity index (χ0) is 14.9. The average Bonchev–Trinajstić information content (AvgIpc) is 2.90. The quantitative estimate of drug-likeness (QED) is 0.548. The van der Waals surface area contributed by atoms with Gasteiger partial charge in [-0.1, -0.05) is 63.3 Å². The van der Waals surface area contributed by atoms with Crippen molar-refractivity contribution in [2.24, 2.45) is 5.92 Å². The molecule has 0 heterocycles. The first-order valence-electron chi connectivity index (χ1n) is 8.90. The van der Waals surface area contributed by atoms with Crippen LogP contribution in [0.4, 0.5) is 0 Å². The monoisotopic (exact) mass is 286 g/mol. The summed E-state index contributed by atoms with van der Waals surface area (Å²) in [6.45, 7) is 2.26. The van der Waals surface area contributed by atoms with Gasteiger partial charge in [0.1, 0.15) is 5.78 Å². The lowest BCUT2D eigenvalue weighted by Gasteiger charge is -2.09. The number of carbonyl (C=O) groups excluding carboxylic acids is 1. The molecular weight excluding hydrogens is 256 g/mol. The normalized spacial score (nSPS) is 18.3. The predicted molar refractivity (Wildman–Crippen MR) is 89.6 cm³/mol. The molecule has 2 rings (SSSR count). The number of ketones is 1. The molecule has 116 valence electrons. The van der Waals surface area contributed by atoms with E-state index in [1.807, 2.05) is 0 Å². The Kier molecular flexibility index (Phi) is 6.99. The minimum absolute atomic E-state index is 0.300. The molecule has 1 unspecified atom stereocenters. The molecule has 1 atom stereocenters. The van der Waals surface area contributed by atoms with Gasteiger partial charge in [-0.3, -0.25) is 4.79 Å². The Morgan fingerprint density at radius 1 is 0.952 bits per heavy atom. The van der Waals surface area contributed by atoms with E-state index in [-0.39, 0.29) is 0 Å². The maximum absolute atomic E-state index is 11.7. The molecule has 0 radical (unpaired) electrons. The summed E-state index contributed by atoms with van der Waals surface area (Å²) < 4.78 is 0. The summed E-state index contributed by atoms with van der Waals surface area (Å²) in [4.78, 5) is 11.7. The van der Waals surface area contributed by atoms with Gasteiger partial charge in [-0.05, 0) is 43.2 Å². The van der Waals surface area contributed by atoms with Gasteiger partial charge in [0.15, 0.2) is 0 Å². The van der Waals surface area contributed by atoms with Gasteiger partial charge in [0.2, 0.25) is 0 Å². The molecule has 1 nitrogen and oxygen atoms in total. The third kappa shape index (κ3) is 5.65. The number of unbranched alkanes of at least 4 members (excludes halogenated alkanes) is 5. The van der Waals surface area contributed by atoms with E-state index in [1.54, 1.807) is 0 Å². The first-order chi connectivity index (χ1) is 10.3. The highest BCUT2D eigenvalue weighted by Gasteiger charge is 2.24. The lowest BCUT2D eigenvalue weighted by atomic mass is 9.96. The molecule has 0 spiro atoms. The number of carbonyl (C=O) groups is 1. The number of hydrogen-bond acceptors (Lipinski definition) is 1. The fraction of sp³-hybridized carbons (Fsp3) is 0.650. The largest absolute Gasteiger partial charge is 0.299 e. The first kappa shape index (κ1) is 16.3. The minimum Gasteiger partial charge on any atom is -0.299 e. The van der Waals surface area contributed by atoms with Gasteiger partial charge in [-0.2, -0.15) is 0 Å². The Bertz CT molecular complexity index is 418. The second kappa shape index (κ2) is 9.02. The van der Waals surface area contributed by atoms with Crippen molar-refractivity contribution in [3.63, 3.8) is 0 Å². The van der Waals surface area contributed by atoms with Gasteiger partial charge in [0.25, 0.3) is 0 Å². The molecule has 1 aliphatic rings. The molecule has 0 bridgehead atoms. The third-order valence-corrected chi connectivity index (χ3v) is 4.76. The Morgan fingerprint density at radius 3 is 2.29 bits per heavy atom. The lowest BCUT2D eigenvalue weighted by Crippen LogP contribution is -2.09. The molecule has 0 aliphatic heterocycles. The molecule has 1 heteroatoms. The van der Waals surface area contributed by atoms with Crippen LogP contribution in [0.3, 0.4) is 0 Å². The van der Waals surface area contributed by atoms with E-state index in [0.717, 1.165) is 25.7 Å². The maximum Gasteiger partial charge on any atom is 0.136 e. The van der Waals surface area contributed by atoms with E-state index in [9.17, 15) is 4.79 Å². The smallest absolute Gasteiger partial charge is 0.136 e. The van der Waals surface area contributed by atoms with E-state index < -0.39 is 0 Å². The summed E-state index contributed by atoms with van der Waals surface area (Å²) in [6.07, 6.45) is 13.3. The molecule has 0 aromatic heterocycles. The Balaban J connectivity index is 1.68. The van der Waals surface area contributed by atoms with E-state index in [4.69, 9.17) is 0 Å². The fourth-order valence-corrected chi connectivity index (χ4v) is 3.34. The number of rotatable bonds is 9. The van der Waals surface area contributed by atoms with Crippen LogP contribution in [0.1, 0.15) is 75.8 Å². The minimum atomic E-state index is 0.300. The fourth-order valence-electron chi connectivity index (χ4n) is 3.34. The SMILES string of the molecule is CCCCCCCCc1ccc(CC2CCCC2=O)cc1. The van der Waals surface area contributed by atoms with E-state index >= 15 is 0 Å². The second-order valence-corrected chi connectivity index (χ2v) is 6.59. The van der Waals surface area contributed by atoms with Crippen molar-refractivity contribution in [1.29, 1.82) is 0 Å². The second-order valence-electron chi connectivity index (χ2n) is 6.59. The molecule has 0 N–H and O–H groups in total. The van der Waals surface area contributed by atoms with Crippen LogP contribution in [-0.2, 0) is 17.6 Å². The zero-order valence-electron chi connectivity index (χ0n) is 13.6. The van der Waals surface area contributed by atoms with Crippen LogP contribution in [0.25, 0.3) is 0 Å². The molecule has 1 aromatic carbocycles. The van der Waals surface area contributed by atoms with E-state index in [2.05, 4.69) is 31.2 Å². The van der Waals surface area contributed by atoms with Crippen molar-refractivity contribution in [2.45, 2.75) is 77.6 Å². The predicted octanol–water partition coefficient (Wildman–Crippen LogP) is 5.50. The third-order valence-electron chi connectivity index (χ3n) is 4.76. The van der Waals surface area contributed by atoms with Crippen molar-refractivity contribution in [3.8, 4) is 0 Å². The molecule has 1 fully saturated rings. The van der Waals surface area contributed by atoms with Gasteiger partial charge >= 0.3 is 0 Å². The van der Waals surface area contributed by atoms with Crippen LogP contribution >= 0.6 is 0 Å². The van der Waals surface area contributed by atoms with E-state index in [1.165, 1.54) is 56.1 Å². The summed E-state index contributed by atoms with van der Waals surface area (Å²) in [5, 5.41) is 0. The summed E-state index contributed by atoms with van der Waals surface area (Å²) in [7, 11) is 0. The van der Waals surface area contributed by atoms with Crippen LogP contribution in [0.15, 0.2) is 24.3 Å². The van der Waals surface area contributed by atoms with Crippen LogP contribution in [0, 0.1) is 5.92 Å². The highest BCUT2D eigenvalue weighted by atomic mass is 16.1. The summed E-state index contributed by atoms with van der Waals surface area (Å²) in [5.74, 6) is 0.778. The van der Waals surface area contributed by atoms with Crippen LogP contribution in [0.2, 0.25) is 0 Å². The number of Topliss-reactive ketones (excluding diaryl/α,β-unsaturated/α-hetero) is 1. The lowest BCUT2D eigenvalue weighted by molar-refractivity contribution is -0.120. The van der Waals surface area contributed by atoms with Crippen LogP contribution in [0.5, 0.6) is 0 Å². The standard InChI is InChI=1S/C20H30O/c1-2-3-4-5-6-7-9-17-12-14-18(15-13-17)16-19-10-8-11-20(19)21/h12-15,19H,2-11,16H2,1H3.